The molecule has 4 N–H and O–H groups in total. The van der Waals surface area contributed by atoms with Gasteiger partial charge in [-0.15, -0.1) is 10.2 Å². The van der Waals surface area contributed by atoms with Crippen molar-refractivity contribution < 1.29 is 24.5 Å². The minimum absolute atomic E-state index is 0.0193. The Bertz CT molecular complexity index is 907. The van der Waals surface area contributed by atoms with Crippen molar-refractivity contribution in [2.24, 2.45) is 0 Å². The second kappa shape index (κ2) is 8.20. The van der Waals surface area contributed by atoms with Gasteiger partial charge in [0.25, 0.3) is 0 Å². The summed E-state index contributed by atoms with van der Waals surface area (Å²) in [7, 11) is 0. The smallest absolute Gasteiger partial charge is 0.317 e. The highest BCUT2D eigenvalue weighted by Gasteiger charge is 2.38. The molecule has 0 unspecified atom stereocenters. The van der Waals surface area contributed by atoms with E-state index in [4.69, 9.17) is 9.15 Å². The van der Waals surface area contributed by atoms with E-state index in [2.05, 4.69) is 31.0 Å². The van der Waals surface area contributed by atoms with Gasteiger partial charge < -0.3 is 29.8 Å². The Balaban J connectivity index is 1.37. The van der Waals surface area contributed by atoms with Gasteiger partial charge in [-0.25, -0.2) is 0 Å². The van der Waals surface area contributed by atoms with E-state index < -0.39 is 24.5 Å². The first-order chi connectivity index (χ1) is 13.6. The van der Waals surface area contributed by atoms with E-state index in [0.29, 0.717) is 16.8 Å². The van der Waals surface area contributed by atoms with Crippen LogP contribution in [0.1, 0.15) is 5.89 Å². The lowest BCUT2D eigenvalue weighted by molar-refractivity contribution is -0.179. The summed E-state index contributed by atoms with van der Waals surface area (Å²) in [6.07, 6.45) is -4.81. The molecule has 0 spiro atoms. The van der Waals surface area contributed by atoms with Crippen LogP contribution in [0.2, 0.25) is 0 Å². The van der Waals surface area contributed by atoms with Crippen LogP contribution in [-0.4, -0.2) is 76.9 Å². The molecule has 3 aromatic rings. The summed E-state index contributed by atoms with van der Waals surface area (Å²) in [5.74, 6) is 0.623. The van der Waals surface area contributed by atoms with E-state index in [-0.39, 0.29) is 12.6 Å². The van der Waals surface area contributed by atoms with Crippen LogP contribution in [0.5, 0.6) is 0 Å². The number of anilines is 1. The molecule has 0 amide bonds. The minimum atomic E-state index is -1.34. The first kappa shape index (κ1) is 18.8. The molecular weight excluding hydrogens is 390 g/mol. The lowest BCUT2D eigenvalue weighted by atomic mass is 10.0. The van der Waals surface area contributed by atoms with Crippen LogP contribution < -0.4 is 5.32 Å². The fraction of sp³-hybridized carbons (Fsp3) is 0.400. The Labute approximate surface area is 162 Å². The van der Waals surface area contributed by atoms with Gasteiger partial charge in [-0.1, -0.05) is 35.1 Å². The zero-order valence-corrected chi connectivity index (χ0v) is 15.2. The number of para-hydroxylation sites is 1. The summed E-state index contributed by atoms with van der Waals surface area (Å²) in [5, 5.41) is 51.7. The lowest BCUT2D eigenvalue weighted by Crippen LogP contribution is -2.55. The van der Waals surface area contributed by atoms with Crippen LogP contribution in [0.4, 0.5) is 6.01 Å². The van der Waals surface area contributed by atoms with Crippen molar-refractivity contribution in [2.75, 3.05) is 11.9 Å². The number of aromatic nitrogens is 6. The number of benzene rings is 1. The summed E-state index contributed by atoms with van der Waals surface area (Å²) in [6.45, 7) is -0.130. The molecule has 4 atom stereocenters. The maximum atomic E-state index is 9.93. The Kier molecular flexibility index (Phi) is 5.50. The SMILES string of the molecule is O[C@@H]1[C@@H](O)[C@H](Nc2nnc(CSc3nnnn3-c3ccccc3)o2)OC[C@H]1O. The number of ether oxygens (including phenoxy) is 1. The summed E-state index contributed by atoms with van der Waals surface area (Å²) < 4.78 is 12.3. The molecule has 1 aromatic carbocycles. The van der Waals surface area contributed by atoms with E-state index in [1.165, 1.54) is 11.8 Å². The molecule has 28 heavy (non-hydrogen) atoms. The Morgan fingerprint density at radius 1 is 1.11 bits per heavy atom. The molecule has 1 saturated heterocycles. The fourth-order valence-corrected chi connectivity index (χ4v) is 3.28. The number of hydrogen-bond donors (Lipinski definition) is 4. The zero-order chi connectivity index (χ0) is 19.5. The van der Waals surface area contributed by atoms with Gasteiger partial charge in [0.1, 0.15) is 18.3 Å². The average Bonchev–Trinajstić information content (AvgIpc) is 3.37. The number of nitrogens with zero attached hydrogens (tertiary/aromatic N) is 6. The van der Waals surface area contributed by atoms with Gasteiger partial charge in [0.15, 0.2) is 6.23 Å². The predicted molar refractivity (Wildman–Crippen MR) is 94.4 cm³/mol. The number of aliphatic hydroxyl groups excluding tert-OH is 3. The Morgan fingerprint density at radius 2 is 1.93 bits per heavy atom. The van der Waals surface area contributed by atoms with Crippen LogP contribution in [0.25, 0.3) is 5.69 Å². The molecule has 12 nitrogen and oxygen atoms in total. The standard InChI is InChI=1S/C15H17N7O5S/c23-9-6-26-13(12(25)11(9)24)16-14-18-17-10(27-14)7-28-15-19-20-21-22(15)8-4-2-1-3-5-8/h1-5,9,11-13,23-25H,6-7H2,(H,16,18)/t9-,11+,12-,13-/m1/s1. The average molecular weight is 407 g/mol. The van der Waals surface area contributed by atoms with E-state index in [9.17, 15) is 15.3 Å². The maximum Gasteiger partial charge on any atom is 0.317 e. The molecule has 0 radical (unpaired) electrons. The molecule has 2 aromatic heterocycles. The van der Waals surface area contributed by atoms with Gasteiger partial charge in [-0.05, 0) is 22.6 Å². The number of tetrazole rings is 1. The molecule has 1 fully saturated rings. The zero-order valence-electron chi connectivity index (χ0n) is 14.4. The summed E-state index contributed by atoms with van der Waals surface area (Å²) in [6, 6.07) is 9.47. The quantitative estimate of drug-likeness (QED) is 0.376. The van der Waals surface area contributed by atoms with Crippen molar-refractivity contribution >= 4 is 17.8 Å². The van der Waals surface area contributed by atoms with Crippen molar-refractivity contribution in [3.8, 4) is 5.69 Å². The Morgan fingerprint density at radius 3 is 2.75 bits per heavy atom. The predicted octanol–water partition coefficient (Wildman–Crippen LogP) is -0.812. The number of rotatable bonds is 6. The van der Waals surface area contributed by atoms with Crippen molar-refractivity contribution in [3.63, 3.8) is 0 Å². The second-order valence-electron chi connectivity index (χ2n) is 5.95. The topological polar surface area (TPSA) is 164 Å². The second-order valence-corrected chi connectivity index (χ2v) is 6.89. The highest BCUT2D eigenvalue weighted by Crippen LogP contribution is 2.23. The van der Waals surface area contributed by atoms with Crippen LogP contribution in [-0.2, 0) is 10.5 Å². The third kappa shape index (κ3) is 3.98. The fourth-order valence-electron chi connectivity index (χ4n) is 2.55. The number of hydrogen-bond acceptors (Lipinski definition) is 12. The normalized spacial score (nSPS) is 25.0. The molecule has 3 heterocycles. The summed E-state index contributed by atoms with van der Waals surface area (Å²) >= 11 is 1.31. The van der Waals surface area contributed by atoms with E-state index in [0.717, 1.165) is 5.69 Å². The van der Waals surface area contributed by atoms with Gasteiger partial charge in [-0.3, -0.25) is 0 Å². The largest absolute Gasteiger partial charge is 0.407 e. The molecule has 0 bridgehead atoms. The van der Waals surface area contributed by atoms with E-state index in [1.807, 2.05) is 30.3 Å². The van der Waals surface area contributed by atoms with Gasteiger partial charge in [0, 0.05) is 0 Å². The van der Waals surface area contributed by atoms with E-state index in [1.54, 1.807) is 4.68 Å². The summed E-state index contributed by atoms with van der Waals surface area (Å²) in [5.41, 5.74) is 0.826. The van der Waals surface area contributed by atoms with Crippen LogP contribution in [0, 0.1) is 0 Å². The molecule has 148 valence electrons. The van der Waals surface area contributed by atoms with Crippen molar-refractivity contribution in [1.29, 1.82) is 0 Å². The Hall–Kier alpha value is -2.58. The number of nitrogens with one attached hydrogen (secondary N) is 1. The highest BCUT2D eigenvalue weighted by molar-refractivity contribution is 7.98. The van der Waals surface area contributed by atoms with Gasteiger partial charge in [-0.2, -0.15) is 4.68 Å². The van der Waals surface area contributed by atoms with Gasteiger partial charge in [0.2, 0.25) is 11.0 Å². The third-order valence-electron chi connectivity index (χ3n) is 4.00. The first-order valence-corrected chi connectivity index (χ1v) is 9.31. The van der Waals surface area contributed by atoms with Crippen LogP contribution in [0.3, 0.4) is 0 Å². The van der Waals surface area contributed by atoms with Crippen molar-refractivity contribution in [3.05, 3.63) is 36.2 Å². The monoisotopic (exact) mass is 407 g/mol. The lowest BCUT2D eigenvalue weighted by Gasteiger charge is -2.34. The van der Waals surface area contributed by atoms with Crippen molar-refractivity contribution in [1.82, 2.24) is 30.4 Å². The molecule has 1 aliphatic rings. The molecule has 1 aliphatic heterocycles. The van der Waals surface area contributed by atoms with Crippen molar-refractivity contribution in [2.45, 2.75) is 35.4 Å². The first-order valence-electron chi connectivity index (χ1n) is 8.33. The van der Waals surface area contributed by atoms with Crippen LogP contribution in [0.15, 0.2) is 39.9 Å². The highest BCUT2D eigenvalue weighted by atomic mass is 32.2. The number of thioether (sulfide) groups is 1. The molecule has 0 saturated carbocycles. The minimum Gasteiger partial charge on any atom is -0.407 e. The van der Waals surface area contributed by atoms with Crippen LogP contribution >= 0.6 is 11.8 Å². The third-order valence-corrected chi connectivity index (χ3v) is 4.90. The number of aliphatic hydroxyl groups is 3. The molecule has 4 rings (SSSR count). The summed E-state index contributed by atoms with van der Waals surface area (Å²) in [4.78, 5) is 0. The maximum absolute atomic E-state index is 9.93. The van der Waals surface area contributed by atoms with Gasteiger partial charge in [0.05, 0.1) is 18.0 Å². The molecule has 0 aliphatic carbocycles. The van der Waals surface area contributed by atoms with E-state index >= 15 is 0 Å². The molecule has 13 heteroatoms. The molecular formula is C15H17N7O5S. The van der Waals surface area contributed by atoms with Gasteiger partial charge >= 0.3 is 6.01 Å².